The third-order valence-corrected chi connectivity index (χ3v) is 22.2. The lowest BCUT2D eigenvalue weighted by molar-refractivity contribution is 1.18. The second-order valence-electron chi connectivity index (χ2n) is 29.5. The minimum absolute atomic E-state index is 0.682. The Bertz CT molecular complexity index is 7080. The van der Waals surface area contributed by atoms with Crippen LogP contribution in [0.1, 0.15) is 0 Å². The third-order valence-electron chi connectivity index (χ3n) is 22.2. The summed E-state index contributed by atoms with van der Waals surface area (Å²) in [4.78, 5) is 31.6. The zero-order valence-electron chi connectivity index (χ0n) is 64.4. The van der Waals surface area contributed by atoms with E-state index in [4.69, 9.17) is 29.9 Å². The fourth-order valence-corrected chi connectivity index (χ4v) is 16.3. The molecule has 17 aromatic carbocycles. The summed E-state index contributed by atoms with van der Waals surface area (Å²) in [5.41, 5.74) is 31.7. The van der Waals surface area contributed by atoms with Gasteiger partial charge in [0.05, 0.1) is 45.2 Å². The second-order valence-corrected chi connectivity index (χ2v) is 29.5. The van der Waals surface area contributed by atoms with Crippen molar-refractivity contribution in [2.75, 3.05) is 0 Å². The van der Waals surface area contributed by atoms with E-state index in [0.29, 0.717) is 11.6 Å². The van der Waals surface area contributed by atoms with E-state index in [-0.39, 0.29) is 0 Å². The van der Waals surface area contributed by atoms with Crippen molar-refractivity contribution in [3.05, 3.63) is 449 Å². The van der Waals surface area contributed by atoms with E-state index in [9.17, 15) is 0 Å². The molecule has 4 heterocycles. The average molecular weight is 1500 g/mol. The Morgan fingerprint density at radius 2 is 0.356 bits per heavy atom. The second kappa shape index (κ2) is 32.0. The number of pyridine rings is 2. The van der Waals surface area contributed by atoms with Gasteiger partial charge in [0, 0.05) is 88.0 Å². The van der Waals surface area contributed by atoms with Gasteiger partial charge in [-0.1, -0.05) is 431 Å². The minimum Gasteiger partial charge on any atom is -0.246 e. The largest absolute Gasteiger partial charge is 0.246 e. The van der Waals surface area contributed by atoms with Gasteiger partial charge in [-0.3, -0.25) is 0 Å². The Kier molecular flexibility index (Phi) is 19.3. The molecule has 0 bridgehead atoms. The first-order valence-corrected chi connectivity index (χ1v) is 40.0. The molecule has 0 radical (unpaired) electrons. The van der Waals surface area contributed by atoms with E-state index in [1.807, 2.05) is 24.3 Å². The lowest BCUT2D eigenvalue weighted by atomic mass is 9.91. The summed E-state index contributed by atoms with van der Waals surface area (Å²) in [5.74, 6) is 1.37. The van der Waals surface area contributed by atoms with Gasteiger partial charge in [0.1, 0.15) is 0 Å². The van der Waals surface area contributed by atoms with Crippen molar-refractivity contribution >= 4 is 43.4 Å². The van der Waals surface area contributed by atoms with Crippen molar-refractivity contribution in [3.8, 4) is 168 Å². The van der Waals surface area contributed by atoms with Crippen LogP contribution >= 0.6 is 0 Å². The molecule has 21 aromatic rings. The molecule has 0 aliphatic carbocycles. The number of hydrogen-bond donors (Lipinski definition) is 0. The van der Waals surface area contributed by atoms with Crippen LogP contribution in [0.5, 0.6) is 0 Å². The smallest absolute Gasteiger partial charge is 0.160 e. The van der Waals surface area contributed by atoms with Crippen LogP contribution in [0.15, 0.2) is 449 Å². The van der Waals surface area contributed by atoms with E-state index in [0.717, 1.165) is 150 Å². The first-order valence-electron chi connectivity index (χ1n) is 40.0. The first-order chi connectivity index (χ1) is 58.5. The van der Waals surface area contributed by atoms with Crippen LogP contribution in [0.2, 0.25) is 0 Å². The summed E-state index contributed by atoms with van der Waals surface area (Å²) in [6.45, 7) is 0. The van der Waals surface area contributed by atoms with E-state index in [1.54, 1.807) is 0 Å². The van der Waals surface area contributed by atoms with Crippen molar-refractivity contribution in [3.63, 3.8) is 0 Å². The molecule has 6 heteroatoms. The predicted molar refractivity (Wildman–Crippen MR) is 491 cm³/mol. The van der Waals surface area contributed by atoms with Crippen LogP contribution in [0, 0.1) is 0 Å². The Morgan fingerprint density at radius 3 is 0.720 bits per heavy atom. The highest BCUT2D eigenvalue weighted by Gasteiger charge is 2.22. The highest BCUT2D eigenvalue weighted by atomic mass is 14.9. The molecule has 6 nitrogen and oxygen atoms in total. The maximum Gasteiger partial charge on any atom is 0.160 e. The van der Waals surface area contributed by atoms with Gasteiger partial charge >= 0.3 is 0 Å². The Morgan fingerprint density at radius 1 is 0.127 bits per heavy atom. The number of aromatic nitrogens is 6. The molecule has 0 spiro atoms. The van der Waals surface area contributed by atoms with E-state index >= 15 is 0 Å². The highest BCUT2D eigenvalue weighted by molar-refractivity contribution is 6.21. The van der Waals surface area contributed by atoms with Crippen LogP contribution < -0.4 is 0 Å². The number of para-hydroxylation sites is 2. The van der Waals surface area contributed by atoms with E-state index < -0.39 is 0 Å². The normalized spacial score (nSPS) is 11.2. The van der Waals surface area contributed by atoms with Gasteiger partial charge in [-0.2, -0.15) is 0 Å². The first kappa shape index (κ1) is 71.3. The quantitative estimate of drug-likeness (QED) is 0.0952. The number of rotatable bonds is 15. The van der Waals surface area contributed by atoms with Gasteiger partial charge in [-0.05, 0) is 85.0 Å². The summed E-state index contributed by atoms with van der Waals surface area (Å²) in [5, 5.41) is 6.95. The van der Waals surface area contributed by atoms with Gasteiger partial charge in [-0.25, -0.2) is 29.9 Å². The Labute approximate surface area is 685 Å². The standard InChI is InChI=1S/C59H39N3.C53H35N3/c1-5-15-40(16-6-1)42-27-33-46(34-28-42)54-39-55(61-59(60-54)49-37-29-43(30-38-49)41-17-7-2-8-18-41)47-35-31-45(32-36-47)51-24-14-26-53-56-50(44-19-9-3-10-20-44)23-13-25-52(56)57(62-58(51)53)48-21-11-4-12-22-48;1-5-16-36(17-6-1)42-24-13-25-43(34-42)53-54-48(39-20-9-3-10-21-39)35-49(55-53)40-32-30-38(31-33-40)45-27-15-29-47-50-44(37-18-7-2-8-19-37)26-14-28-46(50)51(56-52(45)47)41-22-11-4-12-23-41/h1-39H;1-35H. The van der Waals surface area contributed by atoms with Crippen LogP contribution in [0.4, 0.5) is 0 Å². The maximum atomic E-state index is 5.49. The van der Waals surface area contributed by atoms with Crippen molar-refractivity contribution in [2.45, 2.75) is 0 Å². The average Bonchev–Trinajstić information content (AvgIpc) is 0.740. The van der Waals surface area contributed by atoms with E-state index in [1.165, 1.54) is 49.7 Å². The molecule has 118 heavy (non-hydrogen) atoms. The topological polar surface area (TPSA) is 77.3 Å². The summed E-state index contributed by atoms with van der Waals surface area (Å²) in [6.07, 6.45) is 0. The van der Waals surface area contributed by atoms with Crippen LogP contribution in [0.3, 0.4) is 0 Å². The summed E-state index contributed by atoms with van der Waals surface area (Å²) in [7, 11) is 0. The van der Waals surface area contributed by atoms with Crippen molar-refractivity contribution in [1.82, 2.24) is 29.9 Å². The number of nitrogens with zero attached hydrogens (tertiary/aromatic N) is 6. The molecule has 0 saturated heterocycles. The molecule has 0 N–H and O–H groups in total. The molecular weight excluding hydrogens is 1430 g/mol. The fourth-order valence-electron chi connectivity index (χ4n) is 16.3. The molecule has 0 fully saturated rings. The lowest BCUT2D eigenvalue weighted by Crippen LogP contribution is -1.96. The van der Waals surface area contributed by atoms with Crippen LogP contribution in [0.25, 0.3) is 212 Å². The van der Waals surface area contributed by atoms with Crippen LogP contribution in [-0.4, -0.2) is 29.9 Å². The minimum atomic E-state index is 0.682. The molecule has 0 amide bonds. The number of benzene rings is 17. The molecule has 21 rings (SSSR count). The third kappa shape index (κ3) is 14.4. The van der Waals surface area contributed by atoms with Crippen molar-refractivity contribution < 1.29 is 0 Å². The number of hydrogen-bond acceptors (Lipinski definition) is 6. The molecule has 0 unspecified atom stereocenters. The van der Waals surface area contributed by atoms with Gasteiger partial charge in [-0.15, -0.1) is 0 Å². The zero-order chi connectivity index (χ0) is 78.5. The Balaban J connectivity index is 0.000000152. The summed E-state index contributed by atoms with van der Waals surface area (Å²) in [6, 6.07) is 158. The highest BCUT2D eigenvalue weighted by Crippen LogP contribution is 2.45. The Hall–Kier alpha value is -15.8. The predicted octanol–water partition coefficient (Wildman–Crippen LogP) is 29.4. The van der Waals surface area contributed by atoms with E-state index in [2.05, 4.69) is 425 Å². The van der Waals surface area contributed by atoms with Gasteiger partial charge < -0.3 is 0 Å². The maximum absolute atomic E-state index is 5.49. The van der Waals surface area contributed by atoms with Gasteiger partial charge in [0.25, 0.3) is 0 Å². The molecule has 552 valence electrons. The van der Waals surface area contributed by atoms with Gasteiger partial charge in [0.15, 0.2) is 11.6 Å². The molecule has 0 aliphatic rings. The summed E-state index contributed by atoms with van der Waals surface area (Å²) < 4.78 is 0. The molecule has 0 aliphatic heterocycles. The van der Waals surface area contributed by atoms with Crippen molar-refractivity contribution in [1.29, 1.82) is 0 Å². The lowest BCUT2D eigenvalue weighted by Gasteiger charge is -2.16. The summed E-state index contributed by atoms with van der Waals surface area (Å²) >= 11 is 0. The molecule has 4 aromatic heterocycles. The molecule has 0 saturated carbocycles. The SMILES string of the molecule is c1ccc(-c2ccc(-c3cc(-c4ccc(-c5cccc6c5nc(-c5ccccc5)c5cccc(-c7ccccc7)c56)cc4)nc(-c4ccc(-c5ccccc5)cc4)n3)cc2)cc1.c1ccc(-c2cccc(-c3nc(-c4ccccc4)cc(-c4ccc(-c5cccc6c5nc(-c5ccccc5)c5cccc(-c7ccccc7)c56)cc4)n3)c2)cc1. The van der Waals surface area contributed by atoms with Crippen LogP contribution in [-0.2, 0) is 0 Å². The van der Waals surface area contributed by atoms with Crippen molar-refractivity contribution in [2.24, 2.45) is 0 Å². The fraction of sp³-hybridized carbons (Fsp3) is 0. The van der Waals surface area contributed by atoms with Gasteiger partial charge in [0.2, 0.25) is 0 Å². The number of fused-ring (bicyclic) bond motifs is 6. The zero-order valence-corrected chi connectivity index (χ0v) is 64.4. The molecule has 0 atom stereocenters. The monoisotopic (exact) mass is 1500 g/mol. The molecular formula is C112H74N6.